The van der Waals surface area contributed by atoms with Crippen LogP contribution in [0.2, 0.25) is 0 Å². The van der Waals surface area contributed by atoms with Crippen molar-refractivity contribution >= 4 is 11.7 Å². The van der Waals surface area contributed by atoms with E-state index in [-0.39, 0.29) is 17.5 Å². The molecule has 1 aliphatic heterocycles. The number of hydrogen-bond donors (Lipinski definition) is 1. The predicted molar refractivity (Wildman–Crippen MR) is 90.1 cm³/mol. The molecule has 5 heteroatoms. The molecule has 1 atom stereocenters. The second-order valence-electron chi connectivity index (χ2n) is 6.39. The Labute approximate surface area is 140 Å². The van der Waals surface area contributed by atoms with Gasteiger partial charge in [-0.2, -0.15) is 0 Å². The summed E-state index contributed by atoms with van der Waals surface area (Å²) in [5.41, 5.74) is 1.96. The number of anilines is 1. The van der Waals surface area contributed by atoms with Crippen molar-refractivity contribution in [1.82, 2.24) is 0 Å². The van der Waals surface area contributed by atoms with E-state index in [1.54, 1.807) is 30.3 Å². The minimum atomic E-state index is -0.944. The third-order valence-electron chi connectivity index (χ3n) is 4.26. The van der Waals surface area contributed by atoms with Crippen molar-refractivity contribution in [2.45, 2.75) is 26.5 Å². The molecule has 126 valence electrons. The third kappa shape index (κ3) is 3.35. The van der Waals surface area contributed by atoms with Crippen molar-refractivity contribution in [2.75, 3.05) is 11.4 Å². The number of nitrogens with zero attached hydrogens (tertiary/aromatic N) is 1. The Hall–Kier alpha value is -2.56. The first-order chi connectivity index (χ1) is 11.4. The summed E-state index contributed by atoms with van der Waals surface area (Å²) in [6.07, 6.45) is 0.0289. The molecule has 1 aliphatic rings. The van der Waals surface area contributed by atoms with Crippen LogP contribution in [0.3, 0.4) is 0 Å². The highest BCUT2D eigenvalue weighted by Crippen LogP contribution is 2.36. The molecule has 1 heterocycles. The van der Waals surface area contributed by atoms with Gasteiger partial charge in [0, 0.05) is 12.6 Å². The van der Waals surface area contributed by atoms with Crippen LogP contribution >= 0.6 is 0 Å². The molecule has 0 aromatic heterocycles. The summed E-state index contributed by atoms with van der Waals surface area (Å²) in [6, 6.07) is 11.3. The summed E-state index contributed by atoms with van der Waals surface area (Å²) < 4.78 is 19.6. The fourth-order valence-corrected chi connectivity index (χ4v) is 2.82. The van der Waals surface area contributed by atoms with Crippen LogP contribution in [0.4, 0.5) is 10.1 Å². The summed E-state index contributed by atoms with van der Waals surface area (Å²) in [5, 5.41) is 8.99. The fourth-order valence-electron chi connectivity index (χ4n) is 2.82. The zero-order chi connectivity index (χ0) is 17.3. The average Bonchev–Trinajstić information content (AvgIpc) is 2.55. The van der Waals surface area contributed by atoms with Gasteiger partial charge in [0.1, 0.15) is 17.7 Å². The van der Waals surface area contributed by atoms with Gasteiger partial charge in [0.2, 0.25) is 0 Å². The van der Waals surface area contributed by atoms with E-state index < -0.39 is 5.97 Å². The predicted octanol–water partition coefficient (Wildman–Crippen LogP) is 3.95. The van der Waals surface area contributed by atoms with E-state index in [1.165, 1.54) is 12.1 Å². The van der Waals surface area contributed by atoms with Crippen LogP contribution < -0.4 is 9.64 Å². The Morgan fingerprint density at radius 2 is 2.00 bits per heavy atom. The van der Waals surface area contributed by atoms with Crippen LogP contribution in [0.15, 0.2) is 42.5 Å². The van der Waals surface area contributed by atoms with E-state index in [0.717, 1.165) is 11.3 Å². The fraction of sp³-hybridized carbons (Fsp3) is 0.316. The van der Waals surface area contributed by atoms with Crippen LogP contribution in [0.25, 0.3) is 0 Å². The molecule has 1 N–H and O–H groups in total. The average molecular weight is 329 g/mol. The lowest BCUT2D eigenvalue weighted by atomic mass is 10.0. The topological polar surface area (TPSA) is 49.8 Å². The van der Waals surface area contributed by atoms with Crippen molar-refractivity contribution in [1.29, 1.82) is 0 Å². The smallest absolute Gasteiger partial charge is 0.335 e. The maximum Gasteiger partial charge on any atom is 0.335 e. The van der Waals surface area contributed by atoms with Gasteiger partial charge in [0.05, 0.1) is 17.8 Å². The van der Waals surface area contributed by atoms with Crippen LogP contribution in [0.5, 0.6) is 5.75 Å². The molecule has 3 rings (SSSR count). The molecule has 0 aliphatic carbocycles. The standard InChI is InChI=1S/C19H20FNO3/c1-12(2)18-11-21(16-9-15(20)7-8-17(16)24-18)10-13-3-5-14(6-4-13)19(22)23/h3-9,12,18H,10-11H2,1-2H3,(H,22,23). The first-order valence-electron chi connectivity index (χ1n) is 7.97. The van der Waals surface area contributed by atoms with Gasteiger partial charge in [-0.15, -0.1) is 0 Å². The van der Waals surface area contributed by atoms with E-state index in [0.29, 0.717) is 24.8 Å². The van der Waals surface area contributed by atoms with Gasteiger partial charge in [-0.25, -0.2) is 9.18 Å². The molecule has 0 bridgehead atoms. The molecule has 0 saturated heterocycles. The van der Waals surface area contributed by atoms with E-state index >= 15 is 0 Å². The monoisotopic (exact) mass is 329 g/mol. The largest absolute Gasteiger partial charge is 0.486 e. The first kappa shape index (κ1) is 16.3. The summed E-state index contributed by atoms with van der Waals surface area (Å²) in [5.74, 6) is -0.227. The molecule has 2 aromatic rings. The van der Waals surface area contributed by atoms with E-state index in [2.05, 4.69) is 18.7 Å². The van der Waals surface area contributed by atoms with Crippen molar-refractivity contribution in [3.63, 3.8) is 0 Å². The second kappa shape index (κ2) is 6.51. The molecule has 0 amide bonds. The number of hydrogen-bond acceptors (Lipinski definition) is 3. The SMILES string of the molecule is CC(C)C1CN(Cc2ccc(C(=O)O)cc2)c2cc(F)ccc2O1. The molecule has 0 saturated carbocycles. The lowest BCUT2D eigenvalue weighted by molar-refractivity contribution is 0.0697. The quantitative estimate of drug-likeness (QED) is 0.923. The van der Waals surface area contributed by atoms with Gasteiger partial charge in [-0.3, -0.25) is 0 Å². The maximum atomic E-state index is 13.7. The number of halogens is 1. The van der Waals surface area contributed by atoms with Gasteiger partial charge in [0.25, 0.3) is 0 Å². The van der Waals surface area contributed by atoms with Crippen LogP contribution in [-0.4, -0.2) is 23.7 Å². The number of fused-ring (bicyclic) bond motifs is 1. The van der Waals surface area contributed by atoms with E-state index in [9.17, 15) is 9.18 Å². The van der Waals surface area contributed by atoms with Crippen LogP contribution in [-0.2, 0) is 6.54 Å². The summed E-state index contributed by atoms with van der Waals surface area (Å²) in [6.45, 7) is 5.43. The van der Waals surface area contributed by atoms with Gasteiger partial charge in [-0.1, -0.05) is 26.0 Å². The van der Waals surface area contributed by atoms with Gasteiger partial charge >= 0.3 is 5.97 Å². The zero-order valence-electron chi connectivity index (χ0n) is 13.7. The molecule has 24 heavy (non-hydrogen) atoms. The number of ether oxygens (including phenoxy) is 1. The number of rotatable bonds is 4. The van der Waals surface area contributed by atoms with Crippen molar-refractivity contribution in [2.24, 2.45) is 5.92 Å². The molecular formula is C19H20FNO3. The Morgan fingerprint density at radius 1 is 1.29 bits per heavy atom. The summed E-state index contributed by atoms with van der Waals surface area (Å²) in [7, 11) is 0. The first-order valence-corrected chi connectivity index (χ1v) is 7.97. The third-order valence-corrected chi connectivity index (χ3v) is 4.26. The molecule has 2 aromatic carbocycles. The van der Waals surface area contributed by atoms with Crippen LogP contribution in [0, 0.1) is 11.7 Å². The number of carbonyl (C=O) groups is 1. The Kier molecular flexibility index (Phi) is 4.42. The van der Waals surface area contributed by atoms with E-state index in [1.807, 2.05) is 0 Å². The minimum Gasteiger partial charge on any atom is -0.486 e. The Balaban J connectivity index is 1.88. The lowest BCUT2D eigenvalue weighted by Gasteiger charge is -2.38. The normalized spacial score (nSPS) is 16.7. The number of carboxylic acid groups (broad SMARTS) is 1. The van der Waals surface area contributed by atoms with Crippen molar-refractivity contribution in [3.8, 4) is 5.75 Å². The van der Waals surface area contributed by atoms with Gasteiger partial charge < -0.3 is 14.7 Å². The number of aromatic carboxylic acids is 1. The van der Waals surface area contributed by atoms with E-state index in [4.69, 9.17) is 9.84 Å². The number of benzene rings is 2. The molecule has 0 radical (unpaired) electrons. The van der Waals surface area contributed by atoms with Crippen molar-refractivity contribution in [3.05, 3.63) is 59.4 Å². The maximum absolute atomic E-state index is 13.7. The molecule has 0 fully saturated rings. The lowest BCUT2D eigenvalue weighted by Crippen LogP contribution is -2.42. The highest BCUT2D eigenvalue weighted by molar-refractivity contribution is 5.87. The molecule has 0 spiro atoms. The Morgan fingerprint density at radius 3 is 2.62 bits per heavy atom. The molecule has 1 unspecified atom stereocenters. The highest BCUT2D eigenvalue weighted by Gasteiger charge is 2.28. The van der Waals surface area contributed by atoms with Gasteiger partial charge in [-0.05, 0) is 35.7 Å². The molecule has 4 nitrogen and oxygen atoms in total. The van der Waals surface area contributed by atoms with Crippen LogP contribution in [0.1, 0.15) is 29.8 Å². The second-order valence-corrected chi connectivity index (χ2v) is 6.39. The molecular weight excluding hydrogens is 309 g/mol. The zero-order valence-corrected chi connectivity index (χ0v) is 13.7. The Bertz CT molecular complexity index is 743. The summed E-state index contributed by atoms with van der Waals surface area (Å²) >= 11 is 0. The van der Waals surface area contributed by atoms with Crippen molar-refractivity contribution < 1.29 is 19.0 Å². The highest BCUT2D eigenvalue weighted by atomic mass is 19.1. The van der Waals surface area contributed by atoms with Gasteiger partial charge in [0.15, 0.2) is 0 Å². The summed E-state index contributed by atoms with van der Waals surface area (Å²) in [4.78, 5) is 13.0. The number of carboxylic acids is 1. The minimum absolute atomic E-state index is 0.0289.